The first-order valence-electron chi connectivity index (χ1n) is 17.5. The molecule has 0 unspecified atom stereocenters. The van der Waals surface area contributed by atoms with E-state index in [4.69, 9.17) is 0 Å². The third-order valence-corrected chi connectivity index (χ3v) is 10.6. The van der Waals surface area contributed by atoms with Crippen LogP contribution in [0.1, 0.15) is 81.4 Å². The summed E-state index contributed by atoms with van der Waals surface area (Å²) in [5.74, 6) is -0.156. The molecule has 242 valence electrons. The third-order valence-electron chi connectivity index (χ3n) is 10.6. The number of piperidine rings is 3. The number of carbonyl (C=O) groups is 3. The van der Waals surface area contributed by atoms with Crippen LogP contribution in [-0.4, -0.2) is 88.8 Å². The van der Waals surface area contributed by atoms with Crippen LogP contribution < -0.4 is 5.32 Å². The lowest BCUT2D eigenvalue weighted by atomic mass is 9.91. The third kappa shape index (κ3) is 7.71. The Kier molecular flexibility index (Phi) is 10.4. The van der Waals surface area contributed by atoms with Gasteiger partial charge >= 0.3 is 6.03 Å². The number of fused-ring (bicyclic) bond motifs is 1. The van der Waals surface area contributed by atoms with Crippen molar-refractivity contribution >= 4 is 23.5 Å². The molecule has 6 rings (SSSR count). The van der Waals surface area contributed by atoms with Crippen molar-refractivity contribution in [3.8, 4) is 0 Å². The van der Waals surface area contributed by atoms with Gasteiger partial charge in [0.2, 0.25) is 11.8 Å². The zero-order valence-corrected chi connectivity index (χ0v) is 27.1. The summed E-state index contributed by atoms with van der Waals surface area (Å²) in [6, 6.07) is 17.2. The molecule has 0 bridgehead atoms. The Balaban J connectivity index is 1.08. The van der Waals surface area contributed by atoms with Gasteiger partial charge in [-0.15, -0.1) is 0 Å². The van der Waals surface area contributed by atoms with Crippen molar-refractivity contribution in [1.82, 2.24) is 19.6 Å². The quantitative estimate of drug-likeness (QED) is 0.394. The molecule has 0 aromatic heterocycles. The standard InChI is InChI=1S/C37H51N5O3/c1-2-9-28-10-8-11-29(24-28)25-31(36(44)41-22-14-32(15-23-41)39-18-6-3-7-19-39)26-35(43)40-20-16-33(17-21-40)42-27-30-12-4-5-13-34(30)38-37(42)45/h4-5,8,10-13,24,31-33H,2-3,6-7,9,14-23,25-27H2,1H3,(H,38,45)/t31-/m1/s1. The number of benzene rings is 2. The molecular formula is C37H51N5O3. The molecule has 1 N–H and O–H groups in total. The van der Waals surface area contributed by atoms with Gasteiger partial charge in [0.15, 0.2) is 0 Å². The number of urea groups is 1. The van der Waals surface area contributed by atoms with Crippen LogP contribution in [0.4, 0.5) is 10.5 Å². The normalized spacial score (nSPS) is 20.9. The fourth-order valence-electron chi connectivity index (χ4n) is 8.01. The second-order valence-electron chi connectivity index (χ2n) is 13.7. The van der Waals surface area contributed by atoms with E-state index >= 15 is 0 Å². The summed E-state index contributed by atoms with van der Waals surface area (Å²) >= 11 is 0. The zero-order valence-electron chi connectivity index (χ0n) is 27.1. The number of amides is 4. The summed E-state index contributed by atoms with van der Waals surface area (Å²) in [7, 11) is 0. The predicted octanol–water partition coefficient (Wildman–Crippen LogP) is 5.70. The fourth-order valence-corrected chi connectivity index (χ4v) is 8.01. The Morgan fingerprint density at radius 1 is 0.822 bits per heavy atom. The van der Waals surface area contributed by atoms with Gasteiger partial charge in [0, 0.05) is 56.9 Å². The number of hydrogen-bond acceptors (Lipinski definition) is 4. The van der Waals surface area contributed by atoms with Gasteiger partial charge in [-0.2, -0.15) is 0 Å². The molecule has 4 amide bonds. The summed E-state index contributed by atoms with van der Waals surface area (Å²) in [6.07, 6.45) is 10.4. The second kappa shape index (κ2) is 14.8. The predicted molar refractivity (Wildman–Crippen MR) is 178 cm³/mol. The molecule has 8 heteroatoms. The minimum Gasteiger partial charge on any atom is -0.343 e. The monoisotopic (exact) mass is 613 g/mol. The molecular weight excluding hydrogens is 562 g/mol. The van der Waals surface area contributed by atoms with Crippen LogP contribution in [0.15, 0.2) is 48.5 Å². The Morgan fingerprint density at radius 2 is 1.51 bits per heavy atom. The molecule has 0 aliphatic carbocycles. The molecule has 4 aliphatic heterocycles. The average molecular weight is 614 g/mol. The van der Waals surface area contributed by atoms with Crippen molar-refractivity contribution in [2.24, 2.45) is 5.92 Å². The summed E-state index contributed by atoms with van der Waals surface area (Å²) in [6.45, 7) is 7.96. The molecule has 2 aromatic carbocycles. The minimum absolute atomic E-state index is 0.0569. The number of para-hydroxylation sites is 1. The van der Waals surface area contributed by atoms with Gasteiger partial charge < -0.3 is 24.9 Å². The van der Waals surface area contributed by atoms with Crippen molar-refractivity contribution in [2.45, 2.75) is 96.2 Å². The van der Waals surface area contributed by atoms with Gasteiger partial charge in [-0.3, -0.25) is 9.59 Å². The zero-order chi connectivity index (χ0) is 31.2. The van der Waals surface area contributed by atoms with Crippen molar-refractivity contribution in [3.05, 3.63) is 65.2 Å². The fraction of sp³-hybridized carbons (Fsp3) is 0.595. The van der Waals surface area contributed by atoms with Crippen molar-refractivity contribution in [1.29, 1.82) is 0 Å². The Bertz CT molecular complexity index is 1320. The molecule has 1 atom stereocenters. The summed E-state index contributed by atoms with van der Waals surface area (Å²) in [5.41, 5.74) is 4.45. The van der Waals surface area contributed by atoms with E-state index in [2.05, 4.69) is 47.5 Å². The van der Waals surface area contributed by atoms with Crippen LogP contribution in [0.5, 0.6) is 0 Å². The molecule has 4 heterocycles. The number of aryl methyl sites for hydroxylation is 1. The number of likely N-dealkylation sites (tertiary alicyclic amines) is 3. The SMILES string of the molecule is CCCc1cccc(C[C@H](CC(=O)N2CCC(N3Cc4ccccc4NC3=O)CC2)C(=O)N2CCC(N3CCCCC3)CC2)c1. The minimum atomic E-state index is -0.358. The van der Waals surface area contributed by atoms with Crippen molar-refractivity contribution < 1.29 is 14.4 Å². The highest BCUT2D eigenvalue weighted by Crippen LogP contribution is 2.29. The number of nitrogens with one attached hydrogen (secondary N) is 1. The van der Waals surface area contributed by atoms with Gasteiger partial charge in [0.05, 0.1) is 5.92 Å². The first kappa shape index (κ1) is 31.6. The van der Waals surface area contributed by atoms with Gasteiger partial charge in [0.1, 0.15) is 0 Å². The van der Waals surface area contributed by atoms with E-state index in [1.165, 1.54) is 37.9 Å². The first-order valence-corrected chi connectivity index (χ1v) is 17.5. The first-order chi connectivity index (χ1) is 22.0. The number of carbonyl (C=O) groups excluding carboxylic acids is 3. The van der Waals surface area contributed by atoms with Crippen LogP contribution >= 0.6 is 0 Å². The number of rotatable bonds is 9. The Hall–Kier alpha value is -3.39. The second-order valence-corrected chi connectivity index (χ2v) is 13.7. The van der Waals surface area contributed by atoms with Gasteiger partial charge in [-0.1, -0.05) is 62.2 Å². The maximum atomic E-state index is 14.1. The highest BCUT2D eigenvalue weighted by Gasteiger charge is 2.36. The smallest absolute Gasteiger partial charge is 0.322 e. The van der Waals surface area contributed by atoms with E-state index in [0.29, 0.717) is 32.1 Å². The van der Waals surface area contributed by atoms with Gasteiger partial charge in [0.25, 0.3) is 0 Å². The van der Waals surface area contributed by atoms with Crippen molar-refractivity contribution in [2.75, 3.05) is 44.6 Å². The molecule has 2 aromatic rings. The number of nitrogens with zero attached hydrogens (tertiary/aromatic N) is 4. The average Bonchev–Trinajstić information content (AvgIpc) is 3.08. The molecule has 0 saturated carbocycles. The maximum absolute atomic E-state index is 14.1. The highest BCUT2D eigenvalue weighted by atomic mass is 16.2. The number of anilines is 1. The molecule has 3 saturated heterocycles. The lowest BCUT2D eigenvalue weighted by molar-refractivity contribution is -0.143. The maximum Gasteiger partial charge on any atom is 0.322 e. The summed E-state index contributed by atoms with van der Waals surface area (Å²) in [5, 5.41) is 3.03. The lowest BCUT2D eigenvalue weighted by Crippen LogP contribution is -2.52. The molecule has 3 fully saturated rings. The summed E-state index contributed by atoms with van der Waals surface area (Å²) < 4.78 is 0. The van der Waals surface area contributed by atoms with E-state index in [-0.39, 0.29) is 36.2 Å². The topological polar surface area (TPSA) is 76.2 Å². The van der Waals surface area contributed by atoms with E-state index in [1.54, 1.807) is 0 Å². The Labute approximate surface area is 269 Å². The van der Waals surface area contributed by atoms with E-state index < -0.39 is 0 Å². The molecule has 0 radical (unpaired) electrons. The van der Waals surface area contributed by atoms with Gasteiger partial charge in [-0.05, 0) is 87.2 Å². The van der Waals surface area contributed by atoms with Crippen molar-refractivity contribution in [3.63, 3.8) is 0 Å². The van der Waals surface area contributed by atoms with Crippen LogP contribution in [0.25, 0.3) is 0 Å². The van der Waals surface area contributed by atoms with Crippen LogP contribution in [-0.2, 0) is 29.0 Å². The van der Waals surface area contributed by atoms with Crippen LogP contribution in [0.2, 0.25) is 0 Å². The molecule has 0 spiro atoms. The summed E-state index contributed by atoms with van der Waals surface area (Å²) in [4.78, 5) is 49.3. The van der Waals surface area contributed by atoms with E-state index in [0.717, 1.165) is 68.4 Å². The lowest BCUT2D eigenvalue weighted by Gasteiger charge is -2.41. The Morgan fingerprint density at radius 3 is 2.27 bits per heavy atom. The number of hydrogen-bond donors (Lipinski definition) is 1. The van der Waals surface area contributed by atoms with E-state index in [9.17, 15) is 14.4 Å². The largest absolute Gasteiger partial charge is 0.343 e. The molecule has 8 nitrogen and oxygen atoms in total. The highest BCUT2D eigenvalue weighted by molar-refractivity contribution is 5.92. The van der Waals surface area contributed by atoms with E-state index in [1.807, 2.05) is 32.9 Å². The van der Waals surface area contributed by atoms with Crippen LogP contribution in [0.3, 0.4) is 0 Å². The van der Waals surface area contributed by atoms with Crippen LogP contribution in [0, 0.1) is 5.92 Å². The molecule has 4 aliphatic rings. The molecule has 45 heavy (non-hydrogen) atoms. The van der Waals surface area contributed by atoms with Gasteiger partial charge in [-0.25, -0.2) is 4.79 Å².